The van der Waals surface area contributed by atoms with Crippen LogP contribution in [0.25, 0.3) is 0 Å². The number of nitrogens with one attached hydrogen (secondary N) is 1. The zero-order valence-corrected chi connectivity index (χ0v) is 37.4. The molecule has 3 atom stereocenters. The average Bonchev–Trinajstić information content (AvgIpc) is 3.12. The average molecular weight is 788 g/mol. The molecular formula is C45H92N2O6P+. The minimum absolute atomic E-state index is 0.0753. The molecule has 0 saturated heterocycles. The quantitative estimate of drug-likeness (QED) is 0.0246. The summed E-state index contributed by atoms with van der Waals surface area (Å²) in [5, 5.41) is 13.9. The Hall–Kier alpha value is -0.760. The van der Waals surface area contributed by atoms with Crippen molar-refractivity contribution in [2.75, 3.05) is 40.9 Å². The Morgan fingerprint density at radius 2 is 1.00 bits per heavy atom. The summed E-state index contributed by atoms with van der Waals surface area (Å²) < 4.78 is 23.6. The Morgan fingerprint density at radius 3 is 1.43 bits per heavy atom. The lowest BCUT2D eigenvalue weighted by atomic mass is 10.0. The number of likely N-dealkylation sites (N-methyl/N-ethyl adjacent to an activating group) is 1. The minimum atomic E-state index is -4.31. The summed E-state index contributed by atoms with van der Waals surface area (Å²) in [4.78, 5) is 23.1. The van der Waals surface area contributed by atoms with Crippen LogP contribution in [-0.4, -0.2) is 73.4 Å². The highest BCUT2D eigenvalue weighted by molar-refractivity contribution is 7.47. The van der Waals surface area contributed by atoms with Crippen LogP contribution in [0.4, 0.5) is 0 Å². The molecule has 0 aliphatic carbocycles. The van der Waals surface area contributed by atoms with Gasteiger partial charge in [-0.05, 0) is 38.5 Å². The number of aliphatic hydroxyl groups is 1. The van der Waals surface area contributed by atoms with E-state index in [0.717, 1.165) is 38.5 Å². The van der Waals surface area contributed by atoms with Gasteiger partial charge in [0.25, 0.3) is 0 Å². The third-order valence-electron chi connectivity index (χ3n) is 10.5. The summed E-state index contributed by atoms with van der Waals surface area (Å²) in [6.45, 7) is 4.87. The van der Waals surface area contributed by atoms with Gasteiger partial charge in [0.2, 0.25) is 5.91 Å². The molecule has 322 valence electrons. The molecule has 0 aliphatic rings. The van der Waals surface area contributed by atoms with Crippen molar-refractivity contribution in [1.29, 1.82) is 0 Å². The molecule has 0 saturated carbocycles. The Kier molecular flexibility index (Phi) is 37.3. The van der Waals surface area contributed by atoms with Crippen LogP contribution in [-0.2, 0) is 18.4 Å². The highest BCUT2D eigenvalue weighted by Crippen LogP contribution is 2.43. The molecule has 0 radical (unpaired) electrons. The number of nitrogens with zero attached hydrogens (tertiary/aromatic N) is 1. The summed E-state index contributed by atoms with van der Waals surface area (Å²) in [5.74, 6) is -0.149. The van der Waals surface area contributed by atoms with Crippen molar-refractivity contribution in [1.82, 2.24) is 5.32 Å². The van der Waals surface area contributed by atoms with E-state index in [1.165, 1.54) is 154 Å². The Bertz CT molecular complexity index is 896. The summed E-state index contributed by atoms with van der Waals surface area (Å²) in [6, 6.07) is -0.757. The van der Waals surface area contributed by atoms with Crippen LogP contribution >= 0.6 is 7.82 Å². The van der Waals surface area contributed by atoms with Gasteiger partial charge in [-0.3, -0.25) is 13.8 Å². The van der Waals surface area contributed by atoms with Crippen molar-refractivity contribution < 1.29 is 32.9 Å². The zero-order valence-electron chi connectivity index (χ0n) is 36.5. The lowest BCUT2D eigenvalue weighted by molar-refractivity contribution is -0.870. The lowest BCUT2D eigenvalue weighted by Gasteiger charge is -2.26. The largest absolute Gasteiger partial charge is 0.472 e. The number of amides is 1. The number of carbonyl (C=O) groups excluding carboxylic acids is 1. The van der Waals surface area contributed by atoms with E-state index in [1.54, 1.807) is 0 Å². The van der Waals surface area contributed by atoms with E-state index in [-0.39, 0.29) is 19.1 Å². The summed E-state index contributed by atoms with van der Waals surface area (Å²) in [5.41, 5.74) is 0. The first kappa shape index (κ1) is 53.2. The van der Waals surface area contributed by atoms with Gasteiger partial charge in [0, 0.05) is 6.42 Å². The van der Waals surface area contributed by atoms with Gasteiger partial charge in [-0.25, -0.2) is 4.57 Å². The van der Waals surface area contributed by atoms with Crippen molar-refractivity contribution in [2.24, 2.45) is 0 Å². The van der Waals surface area contributed by atoms with E-state index in [4.69, 9.17) is 9.05 Å². The first-order chi connectivity index (χ1) is 26.0. The van der Waals surface area contributed by atoms with Crippen molar-refractivity contribution in [3.8, 4) is 0 Å². The molecule has 1 amide bonds. The van der Waals surface area contributed by atoms with Crippen LogP contribution in [0, 0.1) is 0 Å². The van der Waals surface area contributed by atoms with Gasteiger partial charge in [0.15, 0.2) is 0 Å². The second-order valence-corrected chi connectivity index (χ2v) is 18.6. The minimum Gasteiger partial charge on any atom is -0.391 e. The first-order valence-electron chi connectivity index (χ1n) is 23.1. The van der Waals surface area contributed by atoms with Crippen LogP contribution in [0.2, 0.25) is 0 Å². The predicted molar refractivity (Wildman–Crippen MR) is 231 cm³/mol. The summed E-state index contributed by atoms with van der Waals surface area (Å²) in [7, 11) is 1.62. The number of quaternary nitrogens is 1. The number of phosphoric ester groups is 1. The molecule has 54 heavy (non-hydrogen) atoms. The maximum Gasteiger partial charge on any atom is 0.472 e. The smallest absolute Gasteiger partial charge is 0.391 e. The molecule has 0 heterocycles. The van der Waals surface area contributed by atoms with Crippen molar-refractivity contribution in [3.05, 3.63) is 12.2 Å². The SMILES string of the molecule is CCCCCCCCCCCCCC/C=C\CCCCCCCCCC(=O)NC(COP(=O)(O)OCC[N+](C)(C)C)C(O)CCCCCCCCCCC. The fraction of sp³-hybridized carbons (Fsp3) is 0.933. The number of phosphoric acid groups is 1. The summed E-state index contributed by atoms with van der Waals surface area (Å²) in [6.07, 6.45) is 42.5. The fourth-order valence-electron chi connectivity index (χ4n) is 6.81. The molecule has 0 bridgehead atoms. The highest BCUT2D eigenvalue weighted by atomic mass is 31.2. The number of hydrogen-bond donors (Lipinski definition) is 3. The van der Waals surface area contributed by atoms with Crippen molar-refractivity contribution in [2.45, 2.75) is 231 Å². The maximum atomic E-state index is 12.9. The van der Waals surface area contributed by atoms with E-state index in [0.29, 0.717) is 23.9 Å². The molecule has 0 fully saturated rings. The highest BCUT2D eigenvalue weighted by Gasteiger charge is 2.28. The topological polar surface area (TPSA) is 105 Å². The monoisotopic (exact) mass is 788 g/mol. The zero-order chi connectivity index (χ0) is 40.0. The lowest BCUT2D eigenvalue weighted by Crippen LogP contribution is -2.46. The van der Waals surface area contributed by atoms with Crippen LogP contribution < -0.4 is 5.32 Å². The third-order valence-corrected chi connectivity index (χ3v) is 11.5. The molecule has 0 aromatic carbocycles. The Morgan fingerprint density at radius 1 is 0.611 bits per heavy atom. The number of aliphatic hydroxyl groups excluding tert-OH is 1. The molecule has 3 N–H and O–H groups in total. The van der Waals surface area contributed by atoms with Gasteiger partial charge < -0.3 is 19.8 Å². The van der Waals surface area contributed by atoms with Gasteiger partial charge in [-0.15, -0.1) is 0 Å². The van der Waals surface area contributed by atoms with Gasteiger partial charge >= 0.3 is 7.82 Å². The standard InChI is InChI=1S/C45H91N2O6P/c1-6-8-10-12-14-16-17-18-19-20-21-22-23-24-25-26-27-28-29-31-33-35-37-39-45(49)46-43(42-53-54(50,51)52-41-40-47(3,4)5)44(48)38-36-34-32-30-15-13-11-9-7-2/h24-25,43-44,48H,6-23,26-42H2,1-5H3,(H-,46,49,50,51)/p+1/b25-24-. The van der Waals surface area contributed by atoms with Gasteiger partial charge in [-0.1, -0.05) is 187 Å². The number of rotatable bonds is 42. The molecule has 0 rings (SSSR count). The molecule has 0 aromatic heterocycles. The van der Waals surface area contributed by atoms with Crippen LogP contribution in [0.1, 0.15) is 219 Å². The van der Waals surface area contributed by atoms with Crippen molar-refractivity contribution >= 4 is 13.7 Å². The second-order valence-electron chi connectivity index (χ2n) is 17.1. The second kappa shape index (κ2) is 37.8. The van der Waals surface area contributed by atoms with Gasteiger partial charge in [-0.2, -0.15) is 0 Å². The molecule has 9 heteroatoms. The Labute approximate surface area is 335 Å². The van der Waals surface area contributed by atoms with Gasteiger partial charge in [0.05, 0.1) is 39.9 Å². The molecule has 8 nitrogen and oxygen atoms in total. The summed E-state index contributed by atoms with van der Waals surface area (Å²) >= 11 is 0. The Balaban J connectivity index is 4.16. The fourth-order valence-corrected chi connectivity index (χ4v) is 7.54. The van der Waals surface area contributed by atoms with E-state index < -0.39 is 20.0 Å². The van der Waals surface area contributed by atoms with E-state index in [2.05, 4.69) is 31.3 Å². The van der Waals surface area contributed by atoms with Crippen molar-refractivity contribution in [3.63, 3.8) is 0 Å². The van der Waals surface area contributed by atoms with E-state index >= 15 is 0 Å². The number of hydrogen-bond acceptors (Lipinski definition) is 5. The number of allylic oxidation sites excluding steroid dienone is 2. The van der Waals surface area contributed by atoms with Crippen LogP contribution in [0.3, 0.4) is 0 Å². The predicted octanol–water partition coefficient (Wildman–Crippen LogP) is 12.8. The molecule has 0 spiro atoms. The normalized spacial score (nSPS) is 14.4. The van der Waals surface area contributed by atoms with E-state index in [1.807, 2.05) is 21.1 Å². The van der Waals surface area contributed by atoms with Crippen LogP contribution in [0.5, 0.6) is 0 Å². The maximum absolute atomic E-state index is 12.9. The third kappa shape index (κ3) is 39.5. The van der Waals surface area contributed by atoms with E-state index in [9.17, 15) is 19.4 Å². The number of carbonyl (C=O) groups is 1. The molecular weight excluding hydrogens is 695 g/mol. The number of unbranched alkanes of at least 4 members (excludes halogenated alkanes) is 27. The molecule has 3 unspecified atom stereocenters. The molecule has 0 aromatic rings. The van der Waals surface area contributed by atoms with Crippen LogP contribution in [0.15, 0.2) is 12.2 Å². The van der Waals surface area contributed by atoms with Gasteiger partial charge in [0.1, 0.15) is 13.2 Å². The molecule has 0 aliphatic heterocycles. The first-order valence-corrected chi connectivity index (χ1v) is 24.5.